The Morgan fingerprint density at radius 1 is 1.00 bits per heavy atom. The molecule has 0 spiro atoms. The van der Waals surface area contributed by atoms with Crippen LogP contribution in [0.1, 0.15) is 30.9 Å². The number of para-hydroxylation sites is 1. The lowest BCUT2D eigenvalue weighted by molar-refractivity contribution is -0.115. The monoisotopic (exact) mass is 408 g/mol. The van der Waals surface area contributed by atoms with Gasteiger partial charge in [0.05, 0.1) is 21.9 Å². The normalized spacial score (nSPS) is 19.0. The molecule has 0 atom stereocenters. The number of likely N-dealkylation sites (N-methyl/N-ethyl adjacent to an activating group) is 1. The second-order valence-electron chi connectivity index (χ2n) is 6.86. The van der Waals surface area contributed by atoms with E-state index in [1.807, 2.05) is 48.5 Å². The van der Waals surface area contributed by atoms with Crippen LogP contribution in [0, 0.1) is 0 Å². The van der Waals surface area contributed by atoms with Crippen LogP contribution in [-0.2, 0) is 16.0 Å². The van der Waals surface area contributed by atoms with E-state index in [4.69, 9.17) is 12.2 Å². The number of carbonyl (C=O) groups excluding carboxylic acids is 2. The molecule has 6 heteroatoms. The van der Waals surface area contributed by atoms with E-state index in [0.717, 1.165) is 36.2 Å². The molecule has 2 aromatic rings. The van der Waals surface area contributed by atoms with Gasteiger partial charge in [0.15, 0.2) is 4.32 Å². The average molecular weight is 409 g/mol. The van der Waals surface area contributed by atoms with Crippen LogP contribution in [-0.4, -0.2) is 23.2 Å². The number of carbonyl (C=O) groups is 2. The van der Waals surface area contributed by atoms with Crippen LogP contribution in [0.5, 0.6) is 0 Å². The molecular formula is C22H20N2O2S2. The van der Waals surface area contributed by atoms with E-state index in [2.05, 4.69) is 6.92 Å². The molecule has 0 radical (unpaired) electrons. The van der Waals surface area contributed by atoms with Crippen molar-refractivity contribution in [3.63, 3.8) is 0 Å². The molecule has 4 nitrogen and oxygen atoms in total. The van der Waals surface area contributed by atoms with Gasteiger partial charge in [0, 0.05) is 12.6 Å². The highest BCUT2D eigenvalue weighted by Gasteiger charge is 2.41. The molecule has 0 N–H and O–H groups in total. The summed E-state index contributed by atoms with van der Waals surface area (Å²) < 4.78 is 0.452. The Labute approximate surface area is 174 Å². The fourth-order valence-corrected chi connectivity index (χ4v) is 4.89. The van der Waals surface area contributed by atoms with Crippen LogP contribution in [0.4, 0.5) is 11.4 Å². The third-order valence-corrected chi connectivity index (χ3v) is 6.44. The first-order valence-corrected chi connectivity index (χ1v) is 10.5. The summed E-state index contributed by atoms with van der Waals surface area (Å²) in [4.78, 5) is 29.6. The van der Waals surface area contributed by atoms with Gasteiger partial charge in [-0.25, -0.2) is 0 Å². The molecule has 1 saturated heterocycles. The minimum Gasteiger partial charge on any atom is -0.311 e. The first-order chi connectivity index (χ1) is 13.5. The number of hydrogen-bond acceptors (Lipinski definition) is 4. The smallest absolute Gasteiger partial charge is 0.271 e. The van der Waals surface area contributed by atoms with Gasteiger partial charge in [0.1, 0.15) is 0 Å². The Kier molecular flexibility index (Phi) is 5.08. The summed E-state index contributed by atoms with van der Waals surface area (Å²) in [6.45, 7) is 2.17. The first-order valence-electron chi connectivity index (χ1n) is 9.30. The standard InChI is InChI=1S/C22H20N2O2S2/c1-3-4-7-14-10-12-15(13-11-14)24-21(26)19(28-22(24)27)18-16-8-5-6-9-17(16)23(2)20(18)25/h5-6,8-13H,3-4,7H2,1-2H3. The van der Waals surface area contributed by atoms with Crippen LogP contribution in [0.25, 0.3) is 5.57 Å². The third kappa shape index (κ3) is 3.06. The van der Waals surface area contributed by atoms with E-state index in [0.29, 0.717) is 14.8 Å². The molecular weight excluding hydrogens is 388 g/mol. The Bertz CT molecular complexity index is 1010. The highest BCUT2D eigenvalue weighted by molar-refractivity contribution is 8.27. The van der Waals surface area contributed by atoms with Gasteiger partial charge in [0.25, 0.3) is 11.8 Å². The zero-order valence-electron chi connectivity index (χ0n) is 15.8. The van der Waals surface area contributed by atoms with Crippen molar-refractivity contribution in [1.29, 1.82) is 0 Å². The molecule has 2 aromatic carbocycles. The molecule has 142 valence electrons. The molecule has 0 unspecified atom stereocenters. The van der Waals surface area contributed by atoms with Crippen LogP contribution in [0.2, 0.25) is 0 Å². The number of thioether (sulfide) groups is 1. The number of nitrogens with zero attached hydrogens (tertiary/aromatic N) is 2. The van der Waals surface area contributed by atoms with E-state index in [9.17, 15) is 9.59 Å². The van der Waals surface area contributed by atoms with Crippen molar-refractivity contribution in [2.45, 2.75) is 26.2 Å². The van der Waals surface area contributed by atoms with E-state index in [1.165, 1.54) is 22.2 Å². The molecule has 0 aliphatic carbocycles. The van der Waals surface area contributed by atoms with Crippen LogP contribution < -0.4 is 9.80 Å². The summed E-state index contributed by atoms with van der Waals surface area (Å²) in [5.74, 6) is -0.402. The molecule has 2 amide bonds. The van der Waals surface area contributed by atoms with E-state index in [1.54, 1.807) is 11.9 Å². The fourth-order valence-electron chi connectivity index (χ4n) is 3.52. The Balaban J connectivity index is 1.70. The van der Waals surface area contributed by atoms with Gasteiger partial charge >= 0.3 is 0 Å². The number of fused-ring (bicyclic) bond motifs is 1. The molecule has 2 heterocycles. The van der Waals surface area contributed by atoms with Crippen molar-refractivity contribution in [3.8, 4) is 0 Å². The number of unbranched alkanes of at least 4 members (excludes halogenated alkanes) is 1. The zero-order chi connectivity index (χ0) is 19.8. The van der Waals surface area contributed by atoms with Gasteiger partial charge in [-0.05, 0) is 36.6 Å². The molecule has 2 aliphatic rings. The van der Waals surface area contributed by atoms with E-state index < -0.39 is 0 Å². The minimum atomic E-state index is -0.232. The number of benzene rings is 2. The third-order valence-electron chi connectivity index (χ3n) is 5.06. The van der Waals surface area contributed by atoms with Crippen LogP contribution in [0.15, 0.2) is 53.4 Å². The number of anilines is 2. The maximum Gasteiger partial charge on any atom is 0.271 e. The van der Waals surface area contributed by atoms with Gasteiger partial charge < -0.3 is 4.90 Å². The fraction of sp³-hybridized carbons (Fsp3) is 0.227. The predicted octanol–water partition coefficient (Wildman–Crippen LogP) is 4.78. The number of amides is 2. The number of thiocarbonyl (C=S) groups is 1. The molecule has 1 fully saturated rings. The van der Waals surface area contributed by atoms with Crippen molar-refractivity contribution in [2.24, 2.45) is 0 Å². The maximum absolute atomic E-state index is 13.2. The molecule has 28 heavy (non-hydrogen) atoms. The van der Waals surface area contributed by atoms with Gasteiger partial charge in [-0.2, -0.15) is 0 Å². The summed E-state index contributed by atoms with van der Waals surface area (Å²) in [5.41, 5.74) is 4.03. The Morgan fingerprint density at radius 2 is 1.71 bits per heavy atom. The van der Waals surface area contributed by atoms with Crippen molar-refractivity contribution in [2.75, 3.05) is 16.8 Å². The molecule has 2 aliphatic heterocycles. The summed E-state index contributed by atoms with van der Waals surface area (Å²) in [7, 11) is 1.73. The minimum absolute atomic E-state index is 0.170. The average Bonchev–Trinajstić information content (AvgIpc) is 3.13. The number of aryl methyl sites for hydroxylation is 1. The van der Waals surface area contributed by atoms with Crippen LogP contribution in [0.3, 0.4) is 0 Å². The van der Waals surface area contributed by atoms with E-state index >= 15 is 0 Å². The van der Waals surface area contributed by atoms with Crippen molar-refractivity contribution >= 4 is 57.1 Å². The summed E-state index contributed by atoms with van der Waals surface area (Å²) in [6, 6.07) is 15.5. The second-order valence-corrected chi connectivity index (χ2v) is 8.51. The molecule has 0 saturated carbocycles. The lowest BCUT2D eigenvalue weighted by Crippen LogP contribution is -2.28. The van der Waals surface area contributed by atoms with Crippen molar-refractivity contribution in [1.82, 2.24) is 0 Å². The number of rotatable bonds is 4. The van der Waals surface area contributed by atoms with Crippen molar-refractivity contribution < 1.29 is 9.59 Å². The summed E-state index contributed by atoms with van der Waals surface area (Å²) in [5, 5.41) is 0. The van der Waals surface area contributed by atoms with Gasteiger partial charge in [-0.1, -0.05) is 67.7 Å². The van der Waals surface area contributed by atoms with Crippen LogP contribution >= 0.6 is 24.0 Å². The Hall–Kier alpha value is -2.44. The largest absolute Gasteiger partial charge is 0.311 e. The van der Waals surface area contributed by atoms with E-state index in [-0.39, 0.29) is 11.8 Å². The topological polar surface area (TPSA) is 40.6 Å². The maximum atomic E-state index is 13.2. The molecule has 0 bridgehead atoms. The molecule has 4 rings (SSSR count). The highest BCUT2D eigenvalue weighted by atomic mass is 32.2. The lowest BCUT2D eigenvalue weighted by atomic mass is 10.1. The summed E-state index contributed by atoms with van der Waals surface area (Å²) in [6.07, 6.45) is 3.31. The predicted molar refractivity (Wildman–Crippen MR) is 120 cm³/mol. The lowest BCUT2D eigenvalue weighted by Gasteiger charge is -2.15. The van der Waals surface area contributed by atoms with Gasteiger partial charge in [-0.15, -0.1) is 0 Å². The van der Waals surface area contributed by atoms with Gasteiger partial charge in [-0.3, -0.25) is 14.5 Å². The quantitative estimate of drug-likeness (QED) is 0.539. The number of hydrogen-bond donors (Lipinski definition) is 0. The second kappa shape index (κ2) is 7.53. The first kappa shape index (κ1) is 18.9. The SMILES string of the molecule is CCCCc1ccc(N2C(=O)C(=C3C(=O)N(C)c4ccccc43)SC2=S)cc1. The van der Waals surface area contributed by atoms with Crippen molar-refractivity contribution in [3.05, 3.63) is 64.6 Å². The highest BCUT2D eigenvalue weighted by Crippen LogP contribution is 2.44. The zero-order valence-corrected chi connectivity index (χ0v) is 17.4. The summed E-state index contributed by atoms with van der Waals surface area (Å²) >= 11 is 6.69. The Morgan fingerprint density at radius 3 is 2.43 bits per heavy atom. The van der Waals surface area contributed by atoms with Gasteiger partial charge in [0.2, 0.25) is 0 Å². The molecule has 0 aromatic heterocycles.